The average molecular weight is 240 g/mol. The second kappa shape index (κ2) is 5.31. The zero-order chi connectivity index (χ0) is 13.1. The molecule has 0 aromatic carbocycles. The Hall–Kier alpha value is -1.36. The lowest BCUT2D eigenvalue weighted by Gasteiger charge is -2.28. The van der Waals surface area contributed by atoms with Crippen molar-refractivity contribution in [3.63, 3.8) is 0 Å². The maximum atomic E-state index is 11.7. The van der Waals surface area contributed by atoms with E-state index >= 15 is 0 Å². The van der Waals surface area contributed by atoms with Crippen LogP contribution in [0.4, 0.5) is 0 Å². The van der Waals surface area contributed by atoms with E-state index in [2.05, 4.69) is 10.5 Å². The van der Waals surface area contributed by atoms with Crippen LogP contribution in [0.15, 0.2) is 10.6 Å². The number of ether oxygens (including phenoxy) is 1. The number of nitrogens with zero attached hydrogens (tertiary/aromatic N) is 1. The van der Waals surface area contributed by atoms with Gasteiger partial charge in [0.15, 0.2) is 5.76 Å². The number of rotatable bonds is 4. The van der Waals surface area contributed by atoms with Crippen LogP contribution in [0.2, 0.25) is 0 Å². The number of aryl methyl sites for hydroxylation is 1. The van der Waals surface area contributed by atoms with Crippen LogP contribution in [-0.2, 0) is 16.1 Å². The van der Waals surface area contributed by atoms with Crippen LogP contribution in [-0.4, -0.2) is 24.3 Å². The zero-order valence-corrected chi connectivity index (χ0v) is 11.0. The summed E-state index contributed by atoms with van der Waals surface area (Å²) in [7, 11) is 1.39. The first-order chi connectivity index (χ1) is 7.84. The molecule has 0 aliphatic heterocycles. The van der Waals surface area contributed by atoms with E-state index in [1.54, 1.807) is 0 Å². The molecule has 5 heteroatoms. The number of carbonyl (C=O) groups excluding carboxylic acids is 1. The van der Waals surface area contributed by atoms with Gasteiger partial charge in [-0.3, -0.25) is 10.1 Å². The van der Waals surface area contributed by atoms with E-state index in [4.69, 9.17) is 9.26 Å². The fourth-order valence-corrected chi connectivity index (χ4v) is 1.56. The minimum absolute atomic E-state index is 0.220. The molecule has 0 spiro atoms. The Labute approximate surface area is 102 Å². The highest BCUT2D eigenvalue weighted by atomic mass is 16.5. The molecule has 1 unspecified atom stereocenters. The van der Waals surface area contributed by atoms with Crippen LogP contribution in [0.25, 0.3) is 0 Å². The minimum Gasteiger partial charge on any atom is -0.468 e. The highest BCUT2D eigenvalue weighted by Gasteiger charge is 2.31. The Morgan fingerprint density at radius 2 is 2.24 bits per heavy atom. The summed E-state index contributed by atoms with van der Waals surface area (Å²) in [6.07, 6.45) is 0. The predicted octanol–water partition coefficient (Wildman–Crippen LogP) is 1.66. The molecular weight excluding hydrogens is 220 g/mol. The number of methoxy groups -OCH3 is 1. The lowest BCUT2D eigenvalue weighted by Crippen LogP contribution is -2.46. The molecule has 1 rings (SSSR count). The van der Waals surface area contributed by atoms with E-state index in [1.807, 2.05) is 33.8 Å². The van der Waals surface area contributed by atoms with Crippen molar-refractivity contribution in [1.29, 1.82) is 0 Å². The van der Waals surface area contributed by atoms with Gasteiger partial charge in [-0.05, 0) is 12.3 Å². The van der Waals surface area contributed by atoms with Crippen molar-refractivity contribution in [2.24, 2.45) is 5.41 Å². The third-order valence-electron chi connectivity index (χ3n) is 2.46. The van der Waals surface area contributed by atoms with Gasteiger partial charge < -0.3 is 9.26 Å². The first-order valence-electron chi connectivity index (χ1n) is 5.58. The molecule has 1 atom stereocenters. The van der Waals surface area contributed by atoms with Gasteiger partial charge in [0.05, 0.1) is 19.3 Å². The Morgan fingerprint density at radius 3 is 2.65 bits per heavy atom. The van der Waals surface area contributed by atoms with Crippen molar-refractivity contribution in [2.75, 3.05) is 7.11 Å². The van der Waals surface area contributed by atoms with Crippen LogP contribution in [0.3, 0.4) is 0 Å². The number of esters is 1. The number of aromatic nitrogens is 1. The van der Waals surface area contributed by atoms with Crippen LogP contribution in [0, 0.1) is 12.3 Å². The van der Waals surface area contributed by atoms with Crippen molar-refractivity contribution in [3.8, 4) is 0 Å². The minimum atomic E-state index is -0.377. The van der Waals surface area contributed by atoms with E-state index in [1.165, 1.54) is 7.11 Å². The van der Waals surface area contributed by atoms with E-state index < -0.39 is 0 Å². The van der Waals surface area contributed by atoms with Gasteiger partial charge in [0, 0.05) is 6.07 Å². The monoisotopic (exact) mass is 240 g/mol. The molecule has 0 bridgehead atoms. The van der Waals surface area contributed by atoms with Gasteiger partial charge in [0.1, 0.15) is 6.04 Å². The molecule has 17 heavy (non-hydrogen) atoms. The highest BCUT2D eigenvalue weighted by Crippen LogP contribution is 2.20. The van der Waals surface area contributed by atoms with Crippen molar-refractivity contribution >= 4 is 5.97 Å². The summed E-state index contributed by atoms with van der Waals surface area (Å²) in [6.45, 7) is 8.25. The summed E-state index contributed by atoms with van der Waals surface area (Å²) in [5, 5.41) is 6.92. The molecule has 5 nitrogen and oxygen atoms in total. The largest absolute Gasteiger partial charge is 0.468 e. The van der Waals surface area contributed by atoms with Crippen molar-refractivity contribution in [1.82, 2.24) is 10.5 Å². The second-order valence-electron chi connectivity index (χ2n) is 5.14. The van der Waals surface area contributed by atoms with Gasteiger partial charge in [-0.2, -0.15) is 0 Å². The molecule has 0 aliphatic carbocycles. The lowest BCUT2D eigenvalue weighted by molar-refractivity contribution is -0.146. The maximum absolute atomic E-state index is 11.7. The van der Waals surface area contributed by atoms with Crippen molar-refractivity contribution < 1.29 is 14.1 Å². The lowest BCUT2D eigenvalue weighted by atomic mass is 9.86. The standard InChI is InChI=1S/C12H20N2O3/c1-8-6-9(17-14-8)7-13-10(11(15)16-5)12(2,3)4/h6,10,13H,7H2,1-5H3. The van der Waals surface area contributed by atoms with E-state index in [0.717, 1.165) is 5.69 Å². The topological polar surface area (TPSA) is 64.4 Å². The SMILES string of the molecule is COC(=O)C(NCc1cc(C)no1)C(C)(C)C. The molecule has 1 N–H and O–H groups in total. The molecule has 1 heterocycles. The summed E-state index contributed by atoms with van der Waals surface area (Å²) < 4.78 is 9.86. The van der Waals surface area contributed by atoms with Gasteiger partial charge >= 0.3 is 5.97 Å². The Morgan fingerprint density at radius 1 is 1.59 bits per heavy atom. The quantitative estimate of drug-likeness (QED) is 0.811. The number of hydrogen-bond acceptors (Lipinski definition) is 5. The molecule has 0 saturated carbocycles. The Balaban J connectivity index is 2.65. The van der Waals surface area contributed by atoms with Gasteiger partial charge in [-0.1, -0.05) is 25.9 Å². The fraction of sp³-hybridized carbons (Fsp3) is 0.667. The predicted molar refractivity (Wildman–Crippen MR) is 63.3 cm³/mol. The smallest absolute Gasteiger partial charge is 0.323 e. The Kier molecular flexibility index (Phi) is 4.28. The summed E-state index contributed by atoms with van der Waals surface area (Å²) in [5.41, 5.74) is 0.606. The molecule has 1 aromatic heterocycles. The Bertz CT molecular complexity index is 379. The van der Waals surface area contributed by atoms with Crippen LogP contribution >= 0.6 is 0 Å². The van der Waals surface area contributed by atoms with Crippen LogP contribution in [0.5, 0.6) is 0 Å². The van der Waals surface area contributed by atoms with Crippen LogP contribution < -0.4 is 5.32 Å². The van der Waals surface area contributed by atoms with Crippen LogP contribution in [0.1, 0.15) is 32.2 Å². The second-order valence-corrected chi connectivity index (χ2v) is 5.14. The highest BCUT2D eigenvalue weighted by molar-refractivity contribution is 5.76. The summed E-state index contributed by atoms with van der Waals surface area (Å²) in [4.78, 5) is 11.7. The van der Waals surface area contributed by atoms with E-state index in [-0.39, 0.29) is 17.4 Å². The number of nitrogens with one attached hydrogen (secondary N) is 1. The van der Waals surface area contributed by atoms with Gasteiger partial charge in [-0.25, -0.2) is 0 Å². The first kappa shape index (κ1) is 13.7. The molecular formula is C12H20N2O3. The van der Waals surface area contributed by atoms with Gasteiger partial charge in [0.25, 0.3) is 0 Å². The normalized spacial score (nSPS) is 13.5. The molecule has 0 fully saturated rings. The summed E-state index contributed by atoms with van der Waals surface area (Å²) >= 11 is 0. The maximum Gasteiger partial charge on any atom is 0.323 e. The molecule has 0 amide bonds. The van der Waals surface area contributed by atoms with E-state index in [9.17, 15) is 4.79 Å². The third kappa shape index (κ3) is 3.85. The number of carbonyl (C=O) groups is 1. The van der Waals surface area contributed by atoms with Gasteiger partial charge in [0.2, 0.25) is 0 Å². The number of hydrogen-bond donors (Lipinski definition) is 1. The van der Waals surface area contributed by atoms with Crippen molar-refractivity contribution in [2.45, 2.75) is 40.3 Å². The average Bonchev–Trinajstić information content (AvgIpc) is 2.62. The van der Waals surface area contributed by atoms with Crippen molar-refractivity contribution in [3.05, 3.63) is 17.5 Å². The summed E-state index contributed by atoms with van der Waals surface area (Å²) in [6, 6.07) is 1.46. The molecule has 96 valence electrons. The van der Waals surface area contributed by atoms with Gasteiger partial charge in [-0.15, -0.1) is 0 Å². The molecule has 0 aliphatic rings. The fourth-order valence-electron chi connectivity index (χ4n) is 1.56. The molecule has 0 radical (unpaired) electrons. The third-order valence-corrected chi connectivity index (χ3v) is 2.46. The first-order valence-corrected chi connectivity index (χ1v) is 5.58. The molecule has 1 aromatic rings. The van der Waals surface area contributed by atoms with E-state index in [0.29, 0.717) is 12.3 Å². The zero-order valence-electron chi connectivity index (χ0n) is 11.0. The molecule has 0 saturated heterocycles. The summed E-state index contributed by atoms with van der Waals surface area (Å²) in [5.74, 6) is 0.439.